The summed E-state index contributed by atoms with van der Waals surface area (Å²) >= 11 is 0. The number of benzene rings is 1. The van der Waals surface area contributed by atoms with E-state index < -0.39 is 11.2 Å². The second kappa shape index (κ2) is 8.33. The van der Waals surface area contributed by atoms with Crippen LogP contribution < -0.4 is 31.4 Å². The summed E-state index contributed by atoms with van der Waals surface area (Å²) in [6.45, 7) is 3.74. The summed E-state index contributed by atoms with van der Waals surface area (Å²) in [7, 11) is 1.63. The predicted molar refractivity (Wildman–Crippen MR) is 124 cm³/mol. The van der Waals surface area contributed by atoms with E-state index in [1.807, 2.05) is 10.6 Å². The van der Waals surface area contributed by atoms with E-state index in [0.29, 0.717) is 41.7 Å². The third-order valence-corrected chi connectivity index (χ3v) is 6.14. The molecular weight excluding hydrogens is 424 g/mol. The van der Waals surface area contributed by atoms with Gasteiger partial charge in [-0.25, -0.2) is 4.79 Å². The molecule has 0 amide bonds. The molecule has 172 valence electrons. The number of nitrogens with two attached hydrogens (primary N) is 1. The standard InChI is InChI=1S/C23H26N6O4/c1-3-4-10-28-19-20(25-22(28)27-9-5-6-16(24)13-27)26(2)23(31)29(21(19)30)12-15-7-8-17-18(11-15)33-14-32-17/h7-8,11,16H,5-6,9-10,12-14,24H2,1-2H3/t16-/m1/s1. The molecule has 1 aromatic carbocycles. The van der Waals surface area contributed by atoms with Gasteiger partial charge in [-0.2, -0.15) is 4.98 Å². The quantitative estimate of drug-likeness (QED) is 0.581. The van der Waals surface area contributed by atoms with Crippen LogP contribution in [-0.2, 0) is 20.1 Å². The van der Waals surface area contributed by atoms with Gasteiger partial charge in [-0.3, -0.25) is 18.5 Å². The molecule has 2 aliphatic rings. The van der Waals surface area contributed by atoms with E-state index in [1.165, 1.54) is 9.13 Å². The summed E-state index contributed by atoms with van der Waals surface area (Å²) in [6, 6.07) is 5.43. The first-order valence-corrected chi connectivity index (χ1v) is 11.0. The van der Waals surface area contributed by atoms with Crippen molar-refractivity contribution in [1.29, 1.82) is 0 Å². The lowest BCUT2D eigenvalue weighted by atomic mass is 10.1. The largest absolute Gasteiger partial charge is 0.454 e. The van der Waals surface area contributed by atoms with Crippen LogP contribution in [0.5, 0.6) is 11.5 Å². The third-order valence-electron chi connectivity index (χ3n) is 6.14. The Morgan fingerprint density at radius 3 is 2.82 bits per heavy atom. The van der Waals surface area contributed by atoms with E-state index in [2.05, 4.69) is 16.7 Å². The van der Waals surface area contributed by atoms with Crippen LogP contribution in [0.25, 0.3) is 11.2 Å². The normalized spacial score (nSPS) is 17.3. The molecule has 3 aromatic rings. The van der Waals surface area contributed by atoms with E-state index in [0.717, 1.165) is 24.9 Å². The molecule has 10 heteroatoms. The van der Waals surface area contributed by atoms with Crippen LogP contribution in [0.15, 0.2) is 27.8 Å². The average Bonchev–Trinajstić information content (AvgIpc) is 3.43. The first-order valence-electron chi connectivity index (χ1n) is 11.0. The van der Waals surface area contributed by atoms with Gasteiger partial charge in [-0.05, 0) is 37.5 Å². The number of rotatable bonds is 4. The maximum Gasteiger partial charge on any atom is 0.332 e. The fraction of sp³-hybridized carbons (Fsp3) is 0.435. The van der Waals surface area contributed by atoms with Crippen molar-refractivity contribution in [3.8, 4) is 23.3 Å². The highest BCUT2D eigenvalue weighted by Gasteiger charge is 2.26. The number of fused-ring (bicyclic) bond motifs is 2. The minimum atomic E-state index is -0.432. The zero-order chi connectivity index (χ0) is 23.1. The van der Waals surface area contributed by atoms with Crippen LogP contribution in [0.1, 0.15) is 25.3 Å². The molecule has 0 bridgehead atoms. The zero-order valence-electron chi connectivity index (χ0n) is 18.7. The number of anilines is 1. The number of aromatic nitrogens is 4. The van der Waals surface area contributed by atoms with E-state index in [1.54, 1.807) is 26.1 Å². The number of imidazole rings is 1. The fourth-order valence-electron chi connectivity index (χ4n) is 4.46. The molecule has 2 N–H and O–H groups in total. The van der Waals surface area contributed by atoms with Crippen molar-refractivity contribution in [2.45, 2.75) is 38.9 Å². The molecule has 1 fully saturated rings. The Morgan fingerprint density at radius 2 is 2.03 bits per heavy atom. The van der Waals surface area contributed by atoms with Gasteiger partial charge in [0, 0.05) is 26.2 Å². The molecule has 1 atom stereocenters. The van der Waals surface area contributed by atoms with Gasteiger partial charge in [-0.1, -0.05) is 12.0 Å². The smallest absolute Gasteiger partial charge is 0.332 e. The second-order valence-corrected chi connectivity index (χ2v) is 8.37. The zero-order valence-corrected chi connectivity index (χ0v) is 18.7. The van der Waals surface area contributed by atoms with Gasteiger partial charge in [0.1, 0.15) is 0 Å². The molecule has 0 unspecified atom stereocenters. The topological polar surface area (TPSA) is 110 Å². The Balaban J connectivity index is 1.66. The molecule has 4 heterocycles. The van der Waals surface area contributed by atoms with Crippen LogP contribution in [-0.4, -0.2) is 44.6 Å². The van der Waals surface area contributed by atoms with Crippen molar-refractivity contribution < 1.29 is 9.47 Å². The highest BCUT2D eigenvalue weighted by atomic mass is 16.7. The lowest BCUT2D eigenvalue weighted by molar-refractivity contribution is 0.174. The Hall–Kier alpha value is -3.71. The van der Waals surface area contributed by atoms with E-state index >= 15 is 0 Å². The number of ether oxygens (including phenoxy) is 2. The number of hydrogen-bond donors (Lipinski definition) is 1. The molecule has 33 heavy (non-hydrogen) atoms. The van der Waals surface area contributed by atoms with Gasteiger partial charge in [0.25, 0.3) is 5.56 Å². The molecule has 10 nitrogen and oxygen atoms in total. The lowest BCUT2D eigenvalue weighted by Crippen LogP contribution is -2.44. The van der Waals surface area contributed by atoms with Crippen molar-refractivity contribution in [2.24, 2.45) is 12.8 Å². The van der Waals surface area contributed by atoms with Crippen LogP contribution in [0.2, 0.25) is 0 Å². The van der Waals surface area contributed by atoms with Gasteiger partial charge in [0.05, 0.1) is 13.1 Å². The number of nitrogens with zero attached hydrogens (tertiary/aromatic N) is 5. The number of piperidine rings is 1. The Morgan fingerprint density at radius 1 is 1.21 bits per heavy atom. The van der Waals surface area contributed by atoms with E-state index in [-0.39, 0.29) is 19.4 Å². The van der Waals surface area contributed by atoms with Crippen molar-refractivity contribution in [3.63, 3.8) is 0 Å². The minimum absolute atomic E-state index is 0.0377. The highest BCUT2D eigenvalue weighted by molar-refractivity contribution is 5.75. The van der Waals surface area contributed by atoms with E-state index in [4.69, 9.17) is 20.2 Å². The van der Waals surface area contributed by atoms with Crippen LogP contribution >= 0.6 is 0 Å². The highest BCUT2D eigenvalue weighted by Crippen LogP contribution is 2.32. The van der Waals surface area contributed by atoms with Gasteiger partial charge < -0.3 is 20.1 Å². The molecule has 0 saturated carbocycles. The minimum Gasteiger partial charge on any atom is -0.454 e. The molecule has 2 aliphatic heterocycles. The van der Waals surface area contributed by atoms with Crippen LogP contribution in [0, 0.1) is 11.8 Å². The summed E-state index contributed by atoms with van der Waals surface area (Å²) < 4.78 is 15.2. The number of hydrogen-bond acceptors (Lipinski definition) is 7. The first kappa shape index (κ1) is 21.2. The van der Waals surface area contributed by atoms with Crippen molar-refractivity contribution in [1.82, 2.24) is 18.7 Å². The molecule has 1 saturated heterocycles. The maximum atomic E-state index is 13.6. The average molecular weight is 450 g/mol. The summed E-state index contributed by atoms with van der Waals surface area (Å²) in [5.41, 5.74) is 6.83. The number of aryl methyl sites for hydroxylation is 1. The molecule has 0 aliphatic carbocycles. The molecular formula is C23H26N6O4. The summed E-state index contributed by atoms with van der Waals surface area (Å²) in [5.74, 6) is 7.80. The second-order valence-electron chi connectivity index (χ2n) is 8.37. The summed E-state index contributed by atoms with van der Waals surface area (Å²) in [4.78, 5) is 33.6. The van der Waals surface area contributed by atoms with Crippen LogP contribution in [0.4, 0.5) is 5.95 Å². The Bertz CT molecular complexity index is 1410. The fourth-order valence-corrected chi connectivity index (χ4v) is 4.46. The Labute approximate surface area is 190 Å². The molecule has 5 rings (SSSR count). The first-order chi connectivity index (χ1) is 16.0. The summed E-state index contributed by atoms with van der Waals surface area (Å²) in [5, 5.41) is 0. The van der Waals surface area contributed by atoms with E-state index in [9.17, 15) is 9.59 Å². The molecule has 2 aromatic heterocycles. The van der Waals surface area contributed by atoms with Gasteiger partial charge in [-0.15, -0.1) is 5.92 Å². The van der Waals surface area contributed by atoms with Gasteiger partial charge >= 0.3 is 5.69 Å². The van der Waals surface area contributed by atoms with Crippen molar-refractivity contribution in [3.05, 3.63) is 44.6 Å². The van der Waals surface area contributed by atoms with Gasteiger partial charge in [0.15, 0.2) is 22.7 Å². The summed E-state index contributed by atoms with van der Waals surface area (Å²) in [6.07, 6.45) is 1.89. The monoisotopic (exact) mass is 450 g/mol. The third kappa shape index (κ3) is 3.64. The molecule has 0 radical (unpaired) electrons. The lowest BCUT2D eigenvalue weighted by Gasteiger charge is -2.31. The van der Waals surface area contributed by atoms with Crippen molar-refractivity contribution in [2.75, 3.05) is 24.8 Å². The predicted octanol–water partition coefficient (Wildman–Crippen LogP) is 0.625. The Kier molecular flexibility index (Phi) is 5.34. The van der Waals surface area contributed by atoms with Crippen molar-refractivity contribution >= 4 is 17.1 Å². The van der Waals surface area contributed by atoms with Gasteiger partial charge in [0.2, 0.25) is 12.7 Å². The van der Waals surface area contributed by atoms with Crippen LogP contribution in [0.3, 0.4) is 0 Å². The SMILES string of the molecule is CC#CCn1c(N2CCC[C@@H](N)C2)nc2c1c(=O)n(Cc1ccc3c(c1)OCO3)c(=O)n2C. The maximum absolute atomic E-state index is 13.6. The molecule has 0 spiro atoms.